The van der Waals surface area contributed by atoms with E-state index in [4.69, 9.17) is 4.74 Å². The summed E-state index contributed by atoms with van der Waals surface area (Å²) in [6, 6.07) is 21.6. The van der Waals surface area contributed by atoms with Crippen molar-refractivity contribution in [2.45, 2.75) is 17.4 Å². The van der Waals surface area contributed by atoms with E-state index >= 15 is 0 Å². The van der Waals surface area contributed by atoms with Gasteiger partial charge in [0, 0.05) is 0 Å². The summed E-state index contributed by atoms with van der Waals surface area (Å²) in [6.07, 6.45) is 0.397. The van der Waals surface area contributed by atoms with E-state index in [1.165, 1.54) is 19.2 Å². The Balaban J connectivity index is 1.99. The van der Waals surface area contributed by atoms with Crippen LogP contribution in [0.5, 0.6) is 5.75 Å². The highest BCUT2D eigenvalue weighted by Crippen LogP contribution is 2.30. The summed E-state index contributed by atoms with van der Waals surface area (Å²) >= 11 is 0. The van der Waals surface area contributed by atoms with Crippen LogP contribution >= 0.6 is 0 Å². The van der Waals surface area contributed by atoms with Crippen molar-refractivity contribution >= 4 is 15.7 Å². The SMILES string of the molecule is COc1ccc(S(=O)(=O)NC(Cc2ccccc2)c2ccccc2)c([N+](=O)[O-])c1. The van der Waals surface area contributed by atoms with Crippen molar-refractivity contribution in [3.63, 3.8) is 0 Å². The molecule has 0 aromatic heterocycles. The second-order valence-electron chi connectivity index (χ2n) is 6.37. The number of benzene rings is 3. The maximum Gasteiger partial charge on any atom is 0.293 e. The van der Waals surface area contributed by atoms with Crippen LogP contribution in [0.25, 0.3) is 0 Å². The zero-order valence-electron chi connectivity index (χ0n) is 15.7. The number of nitrogens with one attached hydrogen (secondary N) is 1. The summed E-state index contributed by atoms with van der Waals surface area (Å²) in [6.45, 7) is 0. The largest absolute Gasteiger partial charge is 0.497 e. The molecule has 1 N–H and O–H groups in total. The molecule has 0 radical (unpaired) electrons. The van der Waals surface area contributed by atoms with E-state index in [-0.39, 0.29) is 5.75 Å². The first-order valence-corrected chi connectivity index (χ1v) is 10.3. The summed E-state index contributed by atoms with van der Waals surface area (Å²) in [4.78, 5) is 10.3. The lowest BCUT2D eigenvalue weighted by Gasteiger charge is -2.19. The first kappa shape index (κ1) is 20.5. The first-order chi connectivity index (χ1) is 13.9. The van der Waals surface area contributed by atoms with Crippen LogP contribution in [0.15, 0.2) is 83.8 Å². The highest BCUT2D eigenvalue weighted by Gasteiger charge is 2.29. The lowest BCUT2D eigenvalue weighted by Crippen LogP contribution is -2.30. The second kappa shape index (κ2) is 8.85. The molecule has 0 heterocycles. The third kappa shape index (κ3) is 4.98. The predicted molar refractivity (Wildman–Crippen MR) is 109 cm³/mol. The van der Waals surface area contributed by atoms with Gasteiger partial charge in [-0.3, -0.25) is 10.1 Å². The molecule has 0 aliphatic rings. The number of hydrogen-bond donors (Lipinski definition) is 1. The zero-order chi connectivity index (χ0) is 20.9. The van der Waals surface area contributed by atoms with E-state index in [0.29, 0.717) is 6.42 Å². The Morgan fingerprint density at radius 2 is 1.62 bits per heavy atom. The molecule has 7 nitrogen and oxygen atoms in total. The van der Waals surface area contributed by atoms with Crippen LogP contribution < -0.4 is 9.46 Å². The maximum atomic E-state index is 13.1. The lowest BCUT2D eigenvalue weighted by molar-refractivity contribution is -0.387. The molecule has 3 rings (SSSR count). The number of nitro groups is 1. The molecule has 0 spiro atoms. The Bertz CT molecular complexity index is 1090. The first-order valence-electron chi connectivity index (χ1n) is 8.84. The Morgan fingerprint density at radius 1 is 1.00 bits per heavy atom. The molecule has 0 saturated carbocycles. The third-order valence-corrected chi connectivity index (χ3v) is 5.95. The fourth-order valence-corrected chi connectivity index (χ4v) is 4.38. The van der Waals surface area contributed by atoms with Crippen LogP contribution in [0.4, 0.5) is 5.69 Å². The van der Waals surface area contributed by atoms with E-state index < -0.39 is 31.6 Å². The third-order valence-electron chi connectivity index (χ3n) is 4.43. The van der Waals surface area contributed by atoms with Crippen molar-refractivity contribution in [3.05, 3.63) is 100 Å². The topological polar surface area (TPSA) is 98.5 Å². The van der Waals surface area contributed by atoms with Crippen molar-refractivity contribution < 1.29 is 18.1 Å². The van der Waals surface area contributed by atoms with Gasteiger partial charge < -0.3 is 4.74 Å². The van der Waals surface area contributed by atoms with E-state index in [9.17, 15) is 18.5 Å². The summed E-state index contributed by atoms with van der Waals surface area (Å²) in [5, 5.41) is 11.4. The highest BCUT2D eigenvalue weighted by atomic mass is 32.2. The normalized spacial score (nSPS) is 12.3. The van der Waals surface area contributed by atoms with Crippen LogP contribution in [0.3, 0.4) is 0 Å². The van der Waals surface area contributed by atoms with Gasteiger partial charge in [-0.25, -0.2) is 13.1 Å². The van der Waals surface area contributed by atoms with Crippen LogP contribution in [0.2, 0.25) is 0 Å². The molecule has 0 saturated heterocycles. The van der Waals surface area contributed by atoms with Gasteiger partial charge in [0.05, 0.1) is 24.1 Å². The number of sulfonamides is 1. The van der Waals surface area contributed by atoms with Crippen LogP contribution in [0, 0.1) is 10.1 Å². The van der Waals surface area contributed by atoms with E-state index in [2.05, 4.69) is 4.72 Å². The van der Waals surface area contributed by atoms with E-state index in [1.807, 2.05) is 60.7 Å². The van der Waals surface area contributed by atoms with Gasteiger partial charge in [-0.05, 0) is 29.7 Å². The predicted octanol–water partition coefficient (Wildman–Crippen LogP) is 3.87. The Morgan fingerprint density at radius 3 is 2.21 bits per heavy atom. The summed E-state index contributed by atoms with van der Waals surface area (Å²) < 4.78 is 33.8. The van der Waals surface area contributed by atoms with Crippen LogP contribution in [-0.2, 0) is 16.4 Å². The Labute approximate surface area is 169 Å². The highest BCUT2D eigenvalue weighted by molar-refractivity contribution is 7.89. The molecule has 0 aliphatic carbocycles. The molecule has 0 bridgehead atoms. The fourth-order valence-electron chi connectivity index (χ4n) is 3.01. The minimum absolute atomic E-state index is 0.208. The Kier molecular flexibility index (Phi) is 6.26. The quantitative estimate of drug-likeness (QED) is 0.447. The zero-order valence-corrected chi connectivity index (χ0v) is 16.5. The summed E-state index contributed by atoms with van der Waals surface area (Å²) in [5.41, 5.74) is 1.16. The standard InChI is InChI=1S/C21H20N2O5S/c1-28-18-12-13-21(20(15-18)23(24)25)29(26,27)22-19(17-10-6-3-7-11-17)14-16-8-4-2-5-9-16/h2-13,15,19,22H,14H2,1H3. The molecule has 0 aliphatic heterocycles. The van der Waals surface area contributed by atoms with Gasteiger partial charge in [-0.15, -0.1) is 0 Å². The average Bonchev–Trinajstić information content (AvgIpc) is 2.74. The molecule has 0 fully saturated rings. The van der Waals surface area contributed by atoms with Gasteiger partial charge in [0.15, 0.2) is 4.90 Å². The molecule has 1 atom stereocenters. The van der Waals surface area contributed by atoms with Gasteiger partial charge >= 0.3 is 0 Å². The van der Waals surface area contributed by atoms with Crippen molar-refractivity contribution in [1.82, 2.24) is 4.72 Å². The number of hydrogen-bond acceptors (Lipinski definition) is 5. The van der Waals surface area contributed by atoms with Crippen molar-refractivity contribution in [2.75, 3.05) is 7.11 Å². The molecular formula is C21H20N2O5S. The number of rotatable bonds is 8. The van der Waals surface area contributed by atoms with Crippen LogP contribution in [-0.4, -0.2) is 20.5 Å². The molecule has 3 aromatic carbocycles. The molecule has 0 amide bonds. The molecule has 150 valence electrons. The minimum atomic E-state index is -4.18. The van der Waals surface area contributed by atoms with E-state index in [1.54, 1.807) is 0 Å². The second-order valence-corrected chi connectivity index (χ2v) is 8.05. The number of ether oxygens (including phenoxy) is 1. The smallest absolute Gasteiger partial charge is 0.293 e. The summed E-state index contributed by atoms with van der Waals surface area (Å²) in [5.74, 6) is 0.208. The monoisotopic (exact) mass is 412 g/mol. The van der Waals surface area contributed by atoms with Crippen LogP contribution in [0.1, 0.15) is 17.2 Å². The van der Waals surface area contributed by atoms with E-state index in [0.717, 1.165) is 17.2 Å². The molecule has 1 unspecified atom stereocenters. The van der Waals surface area contributed by atoms with Gasteiger partial charge in [0.2, 0.25) is 10.0 Å². The molecule has 29 heavy (non-hydrogen) atoms. The van der Waals surface area contributed by atoms with Crippen molar-refractivity contribution in [3.8, 4) is 5.75 Å². The van der Waals surface area contributed by atoms with Gasteiger partial charge in [-0.1, -0.05) is 60.7 Å². The number of nitro benzene ring substituents is 1. The van der Waals surface area contributed by atoms with Gasteiger partial charge in [-0.2, -0.15) is 0 Å². The van der Waals surface area contributed by atoms with Crippen molar-refractivity contribution in [2.24, 2.45) is 0 Å². The Hall–Kier alpha value is -3.23. The fraction of sp³-hybridized carbons (Fsp3) is 0.143. The molecular weight excluding hydrogens is 392 g/mol. The molecule has 8 heteroatoms. The maximum absolute atomic E-state index is 13.1. The summed E-state index contributed by atoms with van der Waals surface area (Å²) in [7, 11) is -2.82. The number of nitrogens with zero attached hydrogens (tertiary/aromatic N) is 1. The average molecular weight is 412 g/mol. The minimum Gasteiger partial charge on any atom is -0.497 e. The number of methoxy groups -OCH3 is 1. The van der Waals surface area contributed by atoms with Gasteiger partial charge in [0.25, 0.3) is 5.69 Å². The van der Waals surface area contributed by atoms with Gasteiger partial charge in [0.1, 0.15) is 5.75 Å². The lowest BCUT2D eigenvalue weighted by atomic mass is 10.00. The van der Waals surface area contributed by atoms with Crippen molar-refractivity contribution in [1.29, 1.82) is 0 Å². The molecule has 3 aromatic rings.